The molecule has 0 radical (unpaired) electrons. The Balaban J connectivity index is 0.945. The number of carbonyl (C=O) groups is 4. The Hall–Kier alpha value is -5.35. The summed E-state index contributed by atoms with van der Waals surface area (Å²) in [5.41, 5.74) is 6.39. The summed E-state index contributed by atoms with van der Waals surface area (Å²) in [6.45, 7) is 3.41. The fourth-order valence-corrected chi connectivity index (χ4v) is 8.29. The first kappa shape index (κ1) is 31.9. The van der Waals surface area contributed by atoms with Crippen LogP contribution in [-0.4, -0.2) is 70.8 Å². The van der Waals surface area contributed by atoms with Gasteiger partial charge < -0.3 is 10.0 Å². The Morgan fingerprint density at radius 2 is 1.54 bits per heavy atom. The normalized spacial score (nSPS) is 22.4. The lowest BCUT2D eigenvalue weighted by Crippen LogP contribution is -2.54. The van der Waals surface area contributed by atoms with Crippen molar-refractivity contribution in [2.24, 2.45) is 0 Å². The summed E-state index contributed by atoms with van der Waals surface area (Å²) < 4.78 is 15.3. The van der Waals surface area contributed by atoms with E-state index in [-0.39, 0.29) is 29.9 Å². The minimum Gasteiger partial charge on any atom is -0.508 e. The molecule has 0 bridgehead atoms. The highest BCUT2D eigenvalue weighted by Crippen LogP contribution is 2.47. The van der Waals surface area contributed by atoms with E-state index >= 15 is 4.39 Å². The molecular formula is C40H37FN4O5. The smallest absolute Gasteiger partial charge is 0.265 e. The van der Waals surface area contributed by atoms with Crippen molar-refractivity contribution in [1.82, 2.24) is 15.1 Å². The highest BCUT2D eigenvalue weighted by atomic mass is 19.1. The van der Waals surface area contributed by atoms with E-state index in [0.29, 0.717) is 23.8 Å². The molecule has 9 nitrogen and oxygen atoms in total. The molecule has 4 aromatic rings. The number of aryl methyl sites for hydroxylation is 1. The number of amides is 4. The van der Waals surface area contributed by atoms with E-state index in [1.54, 1.807) is 12.1 Å². The lowest BCUT2D eigenvalue weighted by Gasteiger charge is -2.37. The van der Waals surface area contributed by atoms with Gasteiger partial charge in [0.1, 0.15) is 17.6 Å². The van der Waals surface area contributed by atoms with Crippen molar-refractivity contribution in [2.45, 2.75) is 50.1 Å². The Morgan fingerprint density at radius 3 is 2.28 bits per heavy atom. The van der Waals surface area contributed by atoms with E-state index < -0.39 is 35.5 Å². The van der Waals surface area contributed by atoms with Gasteiger partial charge in [-0.05, 0) is 89.4 Å². The van der Waals surface area contributed by atoms with Crippen molar-refractivity contribution in [2.75, 3.05) is 31.1 Å². The summed E-state index contributed by atoms with van der Waals surface area (Å²) in [5.74, 6) is -2.70. The molecular weight excluding hydrogens is 635 g/mol. The Labute approximate surface area is 289 Å². The Morgan fingerprint density at radius 1 is 0.780 bits per heavy atom. The molecule has 8 rings (SSSR count). The lowest BCUT2D eigenvalue weighted by molar-refractivity contribution is -0.136. The Bertz CT molecular complexity index is 2010. The van der Waals surface area contributed by atoms with Gasteiger partial charge in [-0.15, -0.1) is 0 Å². The molecule has 2 saturated heterocycles. The number of anilines is 1. The second-order valence-corrected chi connectivity index (χ2v) is 13.7. The zero-order valence-corrected chi connectivity index (χ0v) is 27.5. The molecule has 1 unspecified atom stereocenters. The quantitative estimate of drug-likeness (QED) is 0.274. The van der Waals surface area contributed by atoms with Gasteiger partial charge in [0, 0.05) is 50.7 Å². The Kier molecular flexibility index (Phi) is 8.19. The molecule has 0 spiro atoms. The van der Waals surface area contributed by atoms with Crippen molar-refractivity contribution in [3.8, 4) is 5.75 Å². The molecule has 10 heteroatoms. The highest BCUT2D eigenvalue weighted by Gasteiger charge is 2.46. The maximum Gasteiger partial charge on any atom is 0.265 e. The van der Waals surface area contributed by atoms with Gasteiger partial charge in [0.2, 0.25) is 11.8 Å². The predicted molar refractivity (Wildman–Crippen MR) is 184 cm³/mol. The van der Waals surface area contributed by atoms with Crippen molar-refractivity contribution in [1.29, 1.82) is 0 Å². The number of benzene rings is 4. The number of nitrogens with one attached hydrogen (secondary N) is 1. The molecule has 0 saturated carbocycles. The second kappa shape index (κ2) is 12.8. The fraction of sp³-hybridized carbons (Fsp3) is 0.300. The number of piperazine rings is 1. The van der Waals surface area contributed by atoms with Crippen molar-refractivity contribution < 1.29 is 28.7 Å². The fourth-order valence-electron chi connectivity index (χ4n) is 8.29. The number of aromatic hydroxyl groups is 1. The number of fused-ring (bicyclic) bond motifs is 2. The summed E-state index contributed by atoms with van der Waals surface area (Å²) in [4.78, 5) is 55.6. The van der Waals surface area contributed by atoms with Gasteiger partial charge in [0.25, 0.3) is 11.8 Å². The molecule has 1 aliphatic carbocycles. The monoisotopic (exact) mass is 672 g/mol. The third-order valence-corrected chi connectivity index (χ3v) is 10.8. The number of halogens is 1. The average molecular weight is 673 g/mol. The first-order valence-electron chi connectivity index (χ1n) is 17.2. The van der Waals surface area contributed by atoms with Crippen molar-refractivity contribution in [3.63, 3.8) is 0 Å². The molecule has 3 atom stereocenters. The minimum absolute atomic E-state index is 0.00353. The van der Waals surface area contributed by atoms with Gasteiger partial charge in [-0.1, -0.05) is 48.5 Å². The van der Waals surface area contributed by atoms with Crippen LogP contribution in [0.1, 0.15) is 79.6 Å². The zero-order valence-electron chi connectivity index (χ0n) is 27.5. The van der Waals surface area contributed by atoms with Crippen LogP contribution in [0.3, 0.4) is 0 Å². The molecule has 3 aliphatic heterocycles. The summed E-state index contributed by atoms with van der Waals surface area (Å²) in [6, 6.07) is 27.0. The SMILES string of the molecule is O=C1CCC(N2C(=O)c3cc(CN4CCN(c5ccc([C@@H]6c7ccc(O)cc7CC[C@@H]6c6ccccc6)cc5)CC4)cc(F)c3C2=O)C(=O)N1. The number of carbonyl (C=O) groups excluding carboxylic acids is 4. The average Bonchev–Trinajstić information content (AvgIpc) is 3.37. The van der Waals surface area contributed by atoms with Crippen LogP contribution in [0.15, 0.2) is 84.9 Å². The molecule has 4 amide bonds. The van der Waals surface area contributed by atoms with E-state index in [1.807, 2.05) is 12.1 Å². The number of hydrogen-bond donors (Lipinski definition) is 2. The number of imide groups is 2. The predicted octanol–water partition coefficient (Wildman–Crippen LogP) is 5.12. The van der Waals surface area contributed by atoms with E-state index in [4.69, 9.17) is 0 Å². The topological polar surface area (TPSA) is 110 Å². The first-order chi connectivity index (χ1) is 24.2. The van der Waals surface area contributed by atoms with Crippen LogP contribution in [-0.2, 0) is 22.6 Å². The van der Waals surface area contributed by atoms with Crippen LogP contribution in [0.2, 0.25) is 0 Å². The largest absolute Gasteiger partial charge is 0.508 e. The maximum atomic E-state index is 15.3. The van der Waals surface area contributed by atoms with Gasteiger partial charge in [0.15, 0.2) is 0 Å². The summed E-state index contributed by atoms with van der Waals surface area (Å²) in [7, 11) is 0. The first-order valence-corrected chi connectivity index (χ1v) is 17.2. The summed E-state index contributed by atoms with van der Waals surface area (Å²) >= 11 is 0. The summed E-state index contributed by atoms with van der Waals surface area (Å²) in [6.07, 6.45) is 1.95. The lowest BCUT2D eigenvalue weighted by atomic mass is 9.69. The van der Waals surface area contributed by atoms with E-state index in [1.165, 1.54) is 28.3 Å². The maximum absolute atomic E-state index is 15.3. The van der Waals surface area contributed by atoms with E-state index in [9.17, 15) is 24.3 Å². The number of phenols is 1. The van der Waals surface area contributed by atoms with Crippen LogP contribution in [0.5, 0.6) is 5.75 Å². The minimum atomic E-state index is -1.14. The number of hydrogen-bond acceptors (Lipinski definition) is 7. The molecule has 4 aromatic carbocycles. The number of nitrogens with zero attached hydrogens (tertiary/aromatic N) is 3. The van der Waals surface area contributed by atoms with Crippen LogP contribution in [0.4, 0.5) is 10.1 Å². The van der Waals surface area contributed by atoms with E-state index in [2.05, 4.69) is 69.7 Å². The van der Waals surface area contributed by atoms with Crippen LogP contribution >= 0.6 is 0 Å². The number of phenolic OH excluding ortho intramolecular Hbond substituents is 1. The molecule has 2 N–H and O–H groups in total. The summed E-state index contributed by atoms with van der Waals surface area (Å²) in [5, 5.41) is 12.3. The van der Waals surface area contributed by atoms with Gasteiger partial charge >= 0.3 is 0 Å². The van der Waals surface area contributed by atoms with Gasteiger partial charge in [0.05, 0.1) is 11.1 Å². The molecule has 254 valence electrons. The number of rotatable bonds is 6. The van der Waals surface area contributed by atoms with Crippen molar-refractivity contribution in [3.05, 3.63) is 130 Å². The second-order valence-electron chi connectivity index (χ2n) is 13.7. The molecule has 50 heavy (non-hydrogen) atoms. The third-order valence-electron chi connectivity index (χ3n) is 10.8. The van der Waals surface area contributed by atoms with Crippen molar-refractivity contribution >= 4 is 29.3 Å². The zero-order chi connectivity index (χ0) is 34.5. The molecule has 0 aromatic heterocycles. The number of piperidine rings is 1. The molecule has 4 aliphatic rings. The van der Waals surface area contributed by atoms with Gasteiger partial charge in [-0.3, -0.25) is 34.3 Å². The van der Waals surface area contributed by atoms with Crippen LogP contribution < -0.4 is 10.2 Å². The van der Waals surface area contributed by atoms with E-state index in [0.717, 1.165) is 49.6 Å². The highest BCUT2D eigenvalue weighted by molar-refractivity contribution is 6.23. The standard InChI is InChI=1S/C40H37FN4O5/c41-33-21-24(20-32-37(33)40(50)45(39(32)49)34-14-15-35(47)42-38(34)48)23-43-16-18-44(19-17-43)28-9-6-26(7-10-28)36-30(25-4-2-1-3-5-25)12-8-27-22-29(46)11-13-31(27)36/h1-7,9-11,13,20-22,30,34,36,46H,8,12,14-19,23H2,(H,42,47,48)/t30-,34?,36+/m1/s1. The van der Waals surface area contributed by atoms with Crippen LogP contribution in [0, 0.1) is 5.82 Å². The van der Waals surface area contributed by atoms with Crippen LogP contribution in [0.25, 0.3) is 0 Å². The third kappa shape index (κ3) is 5.73. The van der Waals surface area contributed by atoms with Gasteiger partial charge in [-0.2, -0.15) is 0 Å². The molecule has 3 heterocycles. The molecule has 2 fully saturated rings. The van der Waals surface area contributed by atoms with Gasteiger partial charge in [-0.25, -0.2) is 4.39 Å².